The van der Waals surface area contributed by atoms with Crippen LogP contribution in [-0.2, 0) is 13.0 Å². The Bertz CT molecular complexity index is 857. The third-order valence-corrected chi connectivity index (χ3v) is 5.91. The number of rotatable bonds is 1. The predicted octanol–water partition coefficient (Wildman–Crippen LogP) is 2.33. The van der Waals surface area contributed by atoms with Gasteiger partial charge in [-0.25, -0.2) is 4.98 Å². The highest BCUT2D eigenvalue weighted by Crippen LogP contribution is 2.33. The third-order valence-electron chi connectivity index (χ3n) is 5.62. The number of aliphatic hydroxyl groups is 1. The number of fused-ring (bicyclic) bond motifs is 1. The first-order chi connectivity index (χ1) is 12.5. The maximum absolute atomic E-state index is 12.8. The van der Waals surface area contributed by atoms with Crippen LogP contribution in [0, 0.1) is 6.92 Å². The van der Waals surface area contributed by atoms with E-state index in [1.54, 1.807) is 17.0 Å². The fourth-order valence-corrected chi connectivity index (χ4v) is 4.28. The van der Waals surface area contributed by atoms with E-state index in [0.717, 1.165) is 18.7 Å². The molecule has 5 nitrogen and oxygen atoms in total. The van der Waals surface area contributed by atoms with Crippen molar-refractivity contribution in [2.45, 2.75) is 38.0 Å². The van der Waals surface area contributed by atoms with Crippen LogP contribution in [-0.4, -0.2) is 45.6 Å². The number of aliphatic hydroxyl groups excluding tert-OH is 1. The number of piperidine rings is 1. The third kappa shape index (κ3) is 3.00. The number of aromatic nitrogens is 1. The van der Waals surface area contributed by atoms with Crippen LogP contribution in [0.1, 0.15) is 33.6 Å². The molecule has 2 N–H and O–H groups in total. The molecule has 0 saturated carbocycles. The van der Waals surface area contributed by atoms with Gasteiger partial charge in [-0.1, -0.05) is 35.9 Å². The molecule has 1 amide bonds. The first-order valence-corrected chi connectivity index (χ1v) is 9.29. The van der Waals surface area contributed by atoms with Crippen molar-refractivity contribution >= 4 is 17.5 Å². The molecule has 1 aromatic heterocycles. The Morgan fingerprint density at radius 2 is 2.08 bits per heavy atom. The van der Waals surface area contributed by atoms with Crippen molar-refractivity contribution < 1.29 is 9.90 Å². The lowest BCUT2D eigenvalue weighted by Crippen LogP contribution is -2.65. The standard InChI is InChI=1S/C20H22ClN3O2/c1-13-6-7-16(18(21)23-13)19(26)24-9-8-20(17(25)12-24)10-14-4-2-3-5-15(14)11-22-20/h2-7,17,22,25H,8-12H2,1H3/t17-,20+/m1/s1. The van der Waals surface area contributed by atoms with Crippen LogP contribution in [0.15, 0.2) is 36.4 Å². The van der Waals surface area contributed by atoms with Crippen molar-refractivity contribution in [3.8, 4) is 0 Å². The van der Waals surface area contributed by atoms with E-state index in [1.807, 2.05) is 19.1 Å². The number of hydrogen-bond acceptors (Lipinski definition) is 4. The highest BCUT2D eigenvalue weighted by atomic mass is 35.5. The molecule has 1 fully saturated rings. The van der Waals surface area contributed by atoms with Gasteiger partial charge in [-0.05, 0) is 43.0 Å². The predicted molar refractivity (Wildman–Crippen MR) is 100 cm³/mol. The lowest BCUT2D eigenvalue weighted by atomic mass is 9.76. The summed E-state index contributed by atoms with van der Waals surface area (Å²) in [4.78, 5) is 18.7. The van der Waals surface area contributed by atoms with Crippen molar-refractivity contribution in [3.05, 3.63) is 63.9 Å². The summed E-state index contributed by atoms with van der Waals surface area (Å²) in [5.74, 6) is -0.174. The fourth-order valence-electron chi connectivity index (χ4n) is 4.00. The second kappa shape index (κ2) is 6.65. The number of nitrogens with zero attached hydrogens (tertiary/aromatic N) is 2. The number of β-amino-alcohol motifs (C(OH)–C–C–N with tert-alkyl or cyclic N) is 1. The van der Waals surface area contributed by atoms with Gasteiger partial charge in [0.1, 0.15) is 5.15 Å². The maximum Gasteiger partial charge on any atom is 0.257 e. The highest BCUT2D eigenvalue weighted by molar-refractivity contribution is 6.32. The van der Waals surface area contributed by atoms with Crippen LogP contribution < -0.4 is 5.32 Å². The van der Waals surface area contributed by atoms with E-state index in [2.05, 4.69) is 22.4 Å². The van der Waals surface area contributed by atoms with Gasteiger partial charge in [0.05, 0.1) is 17.2 Å². The Kier molecular flexibility index (Phi) is 4.47. The van der Waals surface area contributed by atoms with Gasteiger partial charge < -0.3 is 15.3 Å². The minimum Gasteiger partial charge on any atom is -0.389 e. The summed E-state index contributed by atoms with van der Waals surface area (Å²) >= 11 is 6.14. The molecule has 26 heavy (non-hydrogen) atoms. The molecule has 2 atom stereocenters. The van der Waals surface area contributed by atoms with Gasteiger partial charge in [0.2, 0.25) is 0 Å². The minimum absolute atomic E-state index is 0.174. The minimum atomic E-state index is -0.634. The summed E-state index contributed by atoms with van der Waals surface area (Å²) in [5.41, 5.74) is 3.34. The number of hydrogen-bond donors (Lipinski definition) is 2. The molecule has 3 heterocycles. The van der Waals surface area contributed by atoms with Gasteiger partial charge in [-0.2, -0.15) is 0 Å². The number of carbonyl (C=O) groups is 1. The average Bonchev–Trinajstić information content (AvgIpc) is 2.63. The Hall–Kier alpha value is -1.95. The number of carbonyl (C=O) groups excluding carboxylic acids is 1. The Morgan fingerprint density at radius 3 is 2.81 bits per heavy atom. The molecule has 0 unspecified atom stereocenters. The van der Waals surface area contributed by atoms with Crippen molar-refractivity contribution in [1.82, 2.24) is 15.2 Å². The summed E-state index contributed by atoms with van der Waals surface area (Å²) in [6.45, 7) is 3.45. The number of halogens is 1. The second-order valence-electron chi connectivity index (χ2n) is 7.26. The molecule has 6 heteroatoms. The molecule has 1 aromatic carbocycles. The van der Waals surface area contributed by atoms with E-state index in [4.69, 9.17) is 11.6 Å². The van der Waals surface area contributed by atoms with E-state index in [0.29, 0.717) is 18.5 Å². The van der Waals surface area contributed by atoms with E-state index in [-0.39, 0.29) is 23.1 Å². The first-order valence-electron chi connectivity index (χ1n) is 8.91. The number of amides is 1. The number of likely N-dealkylation sites (tertiary alicyclic amines) is 1. The molecule has 2 aliphatic heterocycles. The molecular weight excluding hydrogens is 350 g/mol. The Balaban J connectivity index is 1.51. The monoisotopic (exact) mass is 371 g/mol. The molecule has 1 saturated heterocycles. The van der Waals surface area contributed by atoms with Crippen LogP contribution in [0.3, 0.4) is 0 Å². The lowest BCUT2D eigenvalue weighted by molar-refractivity contribution is -0.0138. The molecule has 0 bridgehead atoms. The molecule has 2 aromatic rings. The molecule has 1 spiro atoms. The Labute approximate surface area is 158 Å². The number of pyridine rings is 1. The maximum atomic E-state index is 12.8. The van der Waals surface area contributed by atoms with Crippen molar-refractivity contribution in [2.24, 2.45) is 0 Å². The summed E-state index contributed by atoms with van der Waals surface area (Å²) in [5, 5.41) is 14.6. The topological polar surface area (TPSA) is 65.5 Å². The molecule has 136 valence electrons. The van der Waals surface area contributed by atoms with E-state index in [9.17, 15) is 9.90 Å². The molecule has 4 rings (SSSR count). The average molecular weight is 372 g/mol. The molecule has 0 radical (unpaired) electrons. The van der Waals surface area contributed by atoms with Crippen molar-refractivity contribution in [2.75, 3.05) is 13.1 Å². The van der Waals surface area contributed by atoms with Crippen LogP contribution in [0.2, 0.25) is 5.15 Å². The van der Waals surface area contributed by atoms with Crippen LogP contribution in [0.5, 0.6) is 0 Å². The summed E-state index contributed by atoms with van der Waals surface area (Å²) in [6, 6.07) is 11.8. The van der Waals surface area contributed by atoms with E-state index >= 15 is 0 Å². The zero-order valence-electron chi connectivity index (χ0n) is 14.7. The van der Waals surface area contributed by atoms with Crippen LogP contribution in [0.4, 0.5) is 0 Å². The molecule has 2 aliphatic rings. The number of benzene rings is 1. The number of aryl methyl sites for hydroxylation is 1. The molecule has 0 aliphatic carbocycles. The number of nitrogens with one attached hydrogen (secondary N) is 1. The second-order valence-corrected chi connectivity index (χ2v) is 7.62. The van der Waals surface area contributed by atoms with Crippen molar-refractivity contribution in [1.29, 1.82) is 0 Å². The fraction of sp³-hybridized carbons (Fsp3) is 0.400. The smallest absolute Gasteiger partial charge is 0.257 e. The zero-order valence-corrected chi connectivity index (χ0v) is 15.5. The van der Waals surface area contributed by atoms with Gasteiger partial charge in [0.15, 0.2) is 0 Å². The zero-order chi connectivity index (χ0) is 18.3. The van der Waals surface area contributed by atoms with Crippen LogP contribution in [0.25, 0.3) is 0 Å². The highest BCUT2D eigenvalue weighted by Gasteiger charge is 2.45. The quantitative estimate of drug-likeness (QED) is 0.755. The van der Waals surface area contributed by atoms with Gasteiger partial charge in [0, 0.05) is 25.3 Å². The SMILES string of the molecule is Cc1ccc(C(=O)N2CC[C@]3(Cc4ccccc4CN3)[C@H](O)C2)c(Cl)n1. The normalized spacial score (nSPS) is 25.2. The summed E-state index contributed by atoms with van der Waals surface area (Å²) < 4.78 is 0. The van der Waals surface area contributed by atoms with E-state index < -0.39 is 6.10 Å². The summed E-state index contributed by atoms with van der Waals surface area (Å²) in [7, 11) is 0. The lowest BCUT2D eigenvalue weighted by Gasteiger charge is -2.48. The van der Waals surface area contributed by atoms with Gasteiger partial charge in [0.25, 0.3) is 5.91 Å². The van der Waals surface area contributed by atoms with E-state index in [1.165, 1.54) is 11.1 Å². The van der Waals surface area contributed by atoms with Gasteiger partial charge in [-0.15, -0.1) is 0 Å². The molecular formula is C20H22ClN3O2. The van der Waals surface area contributed by atoms with Gasteiger partial charge in [-0.3, -0.25) is 4.79 Å². The summed E-state index contributed by atoms with van der Waals surface area (Å²) in [6.07, 6.45) is 0.843. The van der Waals surface area contributed by atoms with Gasteiger partial charge >= 0.3 is 0 Å². The first kappa shape index (κ1) is 17.5. The van der Waals surface area contributed by atoms with Crippen LogP contribution >= 0.6 is 11.6 Å². The van der Waals surface area contributed by atoms with Crippen molar-refractivity contribution in [3.63, 3.8) is 0 Å². The Morgan fingerprint density at radius 1 is 1.31 bits per heavy atom. The largest absolute Gasteiger partial charge is 0.389 e.